The van der Waals surface area contributed by atoms with E-state index in [0.717, 1.165) is 116 Å². The number of fused-ring (bicyclic) bond motifs is 5. The zero-order chi connectivity index (χ0) is 41.2. The van der Waals surface area contributed by atoms with Gasteiger partial charge in [0.2, 0.25) is 17.7 Å². The average molecular weight is 794 g/mol. The second-order valence-electron chi connectivity index (χ2n) is 17.5. The first-order valence-corrected chi connectivity index (χ1v) is 21.3. The van der Waals surface area contributed by atoms with Crippen LogP contribution in [0.25, 0.3) is 10.9 Å². The number of hydrogen-bond donors (Lipinski definition) is 2. The molecule has 1 aliphatic carbocycles. The topological polar surface area (TPSA) is 150 Å². The number of aromatic nitrogens is 1. The van der Waals surface area contributed by atoms with Crippen molar-refractivity contribution in [2.45, 2.75) is 96.2 Å². The first-order chi connectivity index (χ1) is 28.4. The third-order valence-electron chi connectivity index (χ3n) is 13.7. The van der Waals surface area contributed by atoms with E-state index in [9.17, 15) is 29.2 Å². The van der Waals surface area contributed by atoms with Crippen LogP contribution in [0.3, 0.4) is 0 Å². The lowest BCUT2D eigenvalue weighted by Gasteiger charge is -2.44. The smallest absolute Gasteiger partial charge is 0.255 e. The number of carbonyl (C=O) groups excluding carboxylic acids is 5. The number of hydrogen-bond acceptors (Lipinski definition) is 8. The first-order valence-electron chi connectivity index (χ1n) is 21.3. The highest BCUT2D eigenvalue weighted by Gasteiger charge is 2.42. The van der Waals surface area contributed by atoms with Crippen molar-refractivity contribution in [2.24, 2.45) is 0 Å². The van der Waals surface area contributed by atoms with Crippen LogP contribution in [0, 0.1) is 11.3 Å². The van der Waals surface area contributed by atoms with E-state index < -0.39 is 17.4 Å². The Bertz CT molecular complexity index is 2460. The normalized spacial score (nSPS) is 20.7. The predicted octanol–water partition coefficient (Wildman–Crippen LogP) is 5.37. The molecule has 59 heavy (non-hydrogen) atoms. The molecule has 0 saturated carbocycles. The molecule has 1 aromatic heterocycles. The van der Waals surface area contributed by atoms with E-state index >= 15 is 0 Å². The molecule has 1 atom stereocenters. The van der Waals surface area contributed by atoms with Crippen LogP contribution in [0.4, 0.5) is 5.69 Å². The number of nitrogens with one attached hydrogen (secondary N) is 2. The fraction of sp³-hybridized carbons (Fsp3) is 0.447. The Balaban J connectivity index is 0.773. The van der Waals surface area contributed by atoms with Gasteiger partial charge in [-0.25, -0.2) is 0 Å². The zero-order valence-corrected chi connectivity index (χ0v) is 34.2. The molecule has 0 bridgehead atoms. The van der Waals surface area contributed by atoms with Crippen LogP contribution >= 0.6 is 0 Å². The second kappa shape index (κ2) is 15.1. The maximum absolute atomic E-state index is 14.1. The Morgan fingerprint density at radius 1 is 0.915 bits per heavy atom. The van der Waals surface area contributed by atoms with Crippen molar-refractivity contribution in [3.05, 3.63) is 98.7 Å². The van der Waals surface area contributed by atoms with Gasteiger partial charge >= 0.3 is 0 Å². The van der Waals surface area contributed by atoms with E-state index in [1.54, 1.807) is 11.0 Å². The van der Waals surface area contributed by atoms with Crippen LogP contribution in [0.1, 0.15) is 119 Å². The molecule has 1 unspecified atom stereocenters. The molecule has 0 spiro atoms. The van der Waals surface area contributed by atoms with Gasteiger partial charge in [-0.3, -0.25) is 34.2 Å². The molecule has 4 aliphatic heterocycles. The van der Waals surface area contributed by atoms with Gasteiger partial charge in [-0.2, -0.15) is 5.26 Å². The maximum atomic E-state index is 14.1. The van der Waals surface area contributed by atoms with Crippen molar-refractivity contribution in [2.75, 3.05) is 44.2 Å². The number of benzene rings is 3. The molecule has 12 heteroatoms. The number of piperidine rings is 2. The summed E-state index contributed by atoms with van der Waals surface area (Å²) in [5.74, 6) is -0.648. The van der Waals surface area contributed by atoms with Crippen LogP contribution in [-0.2, 0) is 39.2 Å². The van der Waals surface area contributed by atoms with Crippen molar-refractivity contribution in [1.29, 1.82) is 5.26 Å². The number of H-pyrrole nitrogens is 1. The van der Waals surface area contributed by atoms with Crippen molar-refractivity contribution >= 4 is 46.0 Å². The summed E-state index contributed by atoms with van der Waals surface area (Å²) in [6.07, 6.45) is 5.42. The van der Waals surface area contributed by atoms with E-state index in [-0.39, 0.29) is 29.9 Å². The minimum Gasteiger partial charge on any atom is -0.371 e. The van der Waals surface area contributed by atoms with E-state index in [4.69, 9.17) is 0 Å². The van der Waals surface area contributed by atoms with E-state index in [1.165, 1.54) is 11.3 Å². The Morgan fingerprint density at radius 3 is 2.42 bits per heavy atom. The molecule has 5 heterocycles. The standard InChI is InChI=1S/C47H51N7O5/c1-4-30-24-35-36(47(2,3)44-42(43(35)57)34-11-9-29(26-48)23-37(34)49-44)25-39(30)52-16-14-32(15-17-52)51-18-20-53(21-19-51)41(56)7-5-6-28-8-10-33-31(22-28)27-54(46(33)59)38-12-13-40(55)50-45(38)58/h8-11,22-25,32,38,49H,4-7,12-21,27H2,1-3H3,(H,50,55,58). The number of imide groups is 1. The molecule has 3 saturated heterocycles. The largest absolute Gasteiger partial charge is 0.371 e. The molecule has 304 valence electrons. The molecule has 3 aromatic carbocycles. The molecular weight excluding hydrogens is 743 g/mol. The second-order valence-corrected chi connectivity index (χ2v) is 17.5. The first kappa shape index (κ1) is 38.7. The van der Waals surface area contributed by atoms with Gasteiger partial charge in [0.25, 0.3) is 5.91 Å². The quantitative estimate of drug-likeness (QED) is 0.226. The highest BCUT2D eigenvalue weighted by molar-refractivity contribution is 6.20. The van der Waals surface area contributed by atoms with Crippen LogP contribution in [0.2, 0.25) is 0 Å². The molecule has 3 fully saturated rings. The third-order valence-corrected chi connectivity index (χ3v) is 13.7. The molecule has 0 radical (unpaired) electrons. The molecule has 5 aliphatic rings. The molecule has 4 aromatic rings. The third kappa shape index (κ3) is 6.79. The maximum Gasteiger partial charge on any atom is 0.255 e. The Hall–Kier alpha value is -5.80. The molecule has 2 N–H and O–H groups in total. The van der Waals surface area contributed by atoms with Crippen LogP contribution < -0.4 is 10.2 Å². The number of nitrogens with zero attached hydrogens (tertiary/aromatic N) is 5. The minimum absolute atomic E-state index is 0.0438. The summed E-state index contributed by atoms with van der Waals surface area (Å²) in [5.41, 5.74) is 9.38. The van der Waals surface area contributed by atoms with Crippen molar-refractivity contribution < 1.29 is 24.0 Å². The molecular formula is C47H51N7O5. The number of nitriles is 1. The highest BCUT2D eigenvalue weighted by Crippen LogP contribution is 2.46. The Kier molecular flexibility index (Phi) is 9.90. The summed E-state index contributed by atoms with van der Waals surface area (Å²) >= 11 is 0. The number of aromatic amines is 1. The van der Waals surface area contributed by atoms with Crippen LogP contribution in [0.5, 0.6) is 0 Å². The van der Waals surface area contributed by atoms with E-state index in [0.29, 0.717) is 36.6 Å². The van der Waals surface area contributed by atoms with Crippen molar-refractivity contribution in [3.63, 3.8) is 0 Å². The van der Waals surface area contributed by atoms with Gasteiger partial charge in [0.15, 0.2) is 5.78 Å². The van der Waals surface area contributed by atoms with Gasteiger partial charge in [-0.1, -0.05) is 39.0 Å². The Labute approximate surface area is 344 Å². The van der Waals surface area contributed by atoms with Crippen LogP contribution in [0.15, 0.2) is 48.5 Å². The number of carbonyl (C=O) groups is 5. The lowest BCUT2D eigenvalue weighted by molar-refractivity contribution is -0.137. The molecule has 12 nitrogen and oxygen atoms in total. The minimum atomic E-state index is -0.628. The van der Waals surface area contributed by atoms with Crippen LogP contribution in [-0.4, -0.2) is 100 Å². The van der Waals surface area contributed by atoms with E-state index in [2.05, 4.69) is 59.1 Å². The number of anilines is 1. The molecule has 4 amide bonds. The lowest BCUT2D eigenvalue weighted by Crippen LogP contribution is -2.54. The fourth-order valence-corrected chi connectivity index (χ4v) is 10.4. The van der Waals surface area contributed by atoms with Gasteiger partial charge in [-0.15, -0.1) is 0 Å². The SMILES string of the molecule is CCc1cc2c(cc1N1CCC(N3CCN(C(=O)CCCc4ccc5c(c4)CN(C4CCC(=O)NC4=O)C5=O)CC3)CC1)C(C)(C)c1[nH]c3cc(C#N)ccc3c1C2=O. The highest BCUT2D eigenvalue weighted by atomic mass is 16.2. The van der Waals surface area contributed by atoms with E-state index in [1.807, 2.05) is 35.2 Å². The Morgan fingerprint density at radius 2 is 1.69 bits per heavy atom. The fourth-order valence-electron chi connectivity index (χ4n) is 10.4. The summed E-state index contributed by atoms with van der Waals surface area (Å²) in [5, 5.41) is 12.7. The summed E-state index contributed by atoms with van der Waals surface area (Å²) in [7, 11) is 0. The summed E-state index contributed by atoms with van der Waals surface area (Å²) < 4.78 is 0. The number of amides is 4. The number of rotatable bonds is 8. The predicted molar refractivity (Wildman–Crippen MR) is 223 cm³/mol. The number of aryl methyl sites for hydroxylation is 2. The average Bonchev–Trinajstić information content (AvgIpc) is 3.80. The lowest BCUT2D eigenvalue weighted by atomic mass is 9.70. The number of piperazine rings is 1. The van der Waals surface area contributed by atoms with Gasteiger partial charge in [0.05, 0.1) is 17.2 Å². The summed E-state index contributed by atoms with van der Waals surface area (Å²) in [6.45, 7) is 12.0. The zero-order valence-electron chi connectivity index (χ0n) is 34.2. The monoisotopic (exact) mass is 793 g/mol. The van der Waals surface area contributed by atoms with Crippen molar-refractivity contribution in [1.82, 2.24) is 25.0 Å². The summed E-state index contributed by atoms with van der Waals surface area (Å²) in [4.78, 5) is 76.7. The summed E-state index contributed by atoms with van der Waals surface area (Å²) in [6, 6.07) is 17.8. The van der Waals surface area contributed by atoms with Gasteiger partial charge in [-0.05, 0) is 91.1 Å². The van der Waals surface area contributed by atoms with Crippen molar-refractivity contribution in [3.8, 4) is 6.07 Å². The van der Waals surface area contributed by atoms with Gasteiger partial charge in [0, 0.05) is 104 Å². The van der Waals surface area contributed by atoms with Gasteiger partial charge in [0.1, 0.15) is 6.04 Å². The van der Waals surface area contributed by atoms with Gasteiger partial charge < -0.3 is 19.7 Å². The molecule has 9 rings (SSSR count). The number of ketones is 1.